The largest absolute Gasteiger partial charge is 0.372 e. The van der Waals surface area contributed by atoms with E-state index >= 15 is 0 Å². The number of benzene rings is 1. The Kier molecular flexibility index (Phi) is 4.81. The highest BCUT2D eigenvalue weighted by molar-refractivity contribution is 5.48. The predicted octanol–water partition coefficient (Wildman–Crippen LogP) is 3.33. The molecule has 2 heteroatoms. The minimum absolute atomic E-state index is 0.169. The Hall–Kier alpha value is -1.02. The molecule has 0 aromatic heterocycles. The van der Waals surface area contributed by atoms with E-state index in [2.05, 4.69) is 57.0 Å². The van der Waals surface area contributed by atoms with Gasteiger partial charge in [0.05, 0.1) is 0 Å². The minimum Gasteiger partial charge on any atom is -0.372 e. The van der Waals surface area contributed by atoms with E-state index < -0.39 is 0 Å². The molecule has 0 bridgehead atoms. The molecule has 0 spiro atoms. The van der Waals surface area contributed by atoms with Crippen molar-refractivity contribution in [1.29, 1.82) is 0 Å². The fraction of sp³-hybridized carbons (Fsp3) is 0.571. The van der Waals surface area contributed by atoms with Gasteiger partial charge in [-0.3, -0.25) is 0 Å². The van der Waals surface area contributed by atoms with Crippen molar-refractivity contribution in [2.75, 3.05) is 11.9 Å². The molecule has 1 aromatic carbocycles. The summed E-state index contributed by atoms with van der Waals surface area (Å²) in [6.45, 7) is 6.57. The van der Waals surface area contributed by atoms with Crippen LogP contribution < -0.4 is 10.6 Å². The van der Waals surface area contributed by atoms with E-state index in [4.69, 9.17) is 5.73 Å². The number of anilines is 1. The first-order valence-corrected chi connectivity index (χ1v) is 6.18. The Morgan fingerprint density at radius 3 is 2.12 bits per heavy atom. The summed E-state index contributed by atoms with van der Waals surface area (Å²) in [6, 6.07) is 9.35. The molecular weight excluding hydrogens is 196 g/mol. The van der Waals surface area contributed by atoms with Gasteiger partial charge in [0.2, 0.25) is 0 Å². The van der Waals surface area contributed by atoms with Crippen LogP contribution in [-0.2, 0) is 0 Å². The molecule has 1 rings (SSSR count). The maximum Gasteiger partial charge on any atom is 0.0366 e. The maximum atomic E-state index is 5.99. The van der Waals surface area contributed by atoms with Crippen LogP contribution in [0, 0.1) is 0 Å². The van der Waals surface area contributed by atoms with Crippen molar-refractivity contribution in [3.63, 3.8) is 0 Å². The zero-order valence-corrected chi connectivity index (χ0v) is 10.9. The van der Waals surface area contributed by atoms with Crippen molar-refractivity contribution in [2.24, 2.45) is 5.73 Å². The zero-order valence-electron chi connectivity index (χ0n) is 10.9. The predicted molar refractivity (Wildman–Crippen MR) is 71.8 cm³/mol. The molecule has 16 heavy (non-hydrogen) atoms. The SMILES string of the molecule is CCC(C)N(C)c1ccc([C@H](N)CC)cc1. The van der Waals surface area contributed by atoms with Crippen molar-refractivity contribution in [3.8, 4) is 0 Å². The summed E-state index contributed by atoms with van der Waals surface area (Å²) in [5.74, 6) is 0. The van der Waals surface area contributed by atoms with Crippen LogP contribution in [0.3, 0.4) is 0 Å². The normalized spacial score (nSPS) is 14.6. The van der Waals surface area contributed by atoms with E-state index in [0.29, 0.717) is 6.04 Å². The molecule has 0 saturated heterocycles. The van der Waals surface area contributed by atoms with Gasteiger partial charge in [-0.15, -0.1) is 0 Å². The third-order valence-corrected chi connectivity index (χ3v) is 3.42. The molecular formula is C14H24N2. The lowest BCUT2D eigenvalue weighted by atomic mass is 10.0. The lowest BCUT2D eigenvalue weighted by Crippen LogP contribution is -2.27. The minimum atomic E-state index is 0.169. The van der Waals surface area contributed by atoms with Crippen LogP contribution in [0.4, 0.5) is 5.69 Å². The number of nitrogens with zero attached hydrogens (tertiary/aromatic N) is 1. The Bertz CT molecular complexity index is 305. The van der Waals surface area contributed by atoms with E-state index in [1.165, 1.54) is 11.3 Å². The molecule has 0 heterocycles. The molecule has 2 atom stereocenters. The van der Waals surface area contributed by atoms with Crippen molar-refractivity contribution in [1.82, 2.24) is 0 Å². The van der Waals surface area contributed by atoms with Crippen LogP contribution in [0.1, 0.15) is 45.2 Å². The van der Waals surface area contributed by atoms with E-state index in [1.807, 2.05) is 0 Å². The first-order chi connectivity index (χ1) is 7.60. The van der Waals surface area contributed by atoms with Gasteiger partial charge in [0, 0.05) is 24.8 Å². The molecule has 1 aromatic rings. The van der Waals surface area contributed by atoms with E-state index in [9.17, 15) is 0 Å². The first-order valence-electron chi connectivity index (χ1n) is 6.18. The molecule has 0 radical (unpaired) electrons. The maximum absolute atomic E-state index is 5.99. The summed E-state index contributed by atoms with van der Waals surface area (Å²) in [5.41, 5.74) is 8.48. The van der Waals surface area contributed by atoms with Crippen molar-refractivity contribution in [3.05, 3.63) is 29.8 Å². The van der Waals surface area contributed by atoms with Crippen LogP contribution in [0.5, 0.6) is 0 Å². The Balaban J connectivity index is 2.78. The van der Waals surface area contributed by atoms with Gasteiger partial charge >= 0.3 is 0 Å². The van der Waals surface area contributed by atoms with E-state index in [1.54, 1.807) is 0 Å². The van der Waals surface area contributed by atoms with Gasteiger partial charge in [0.25, 0.3) is 0 Å². The molecule has 0 aliphatic carbocycles. The van der Waals surface area contributed by atoms with Crippen LogP contribution in [-0.4, -0.2) is 13.1 Å². The highest BCUT2D eigenvalue weighted by Crippen LogP contribution is 2.20. The van der Waals surface area contributed by atoms with Crippen LogP contribution in [0.15, 0.2) is 24.3 Å². The van der Waals surface area contributed by atoms with Gasteiger partial charge in [-0.05, 0) is 37.5 Å². The quantitative estimate of drug-likeness (QED) is 0.824. The molecule has 0 aliphatic rings. The van der Waals surface area contributed by atoms with Gasteiger partial charge < -0.3 is 10.6 Å². The third kappa shape index (κ3) is 2.99. The third-order valence-electron chi connectivity index (χ3n) is 3.42. The number of hydrogen-bond donors (Lipinski definition) is 1. The monoisotopic (exact) mass is 220 g/mol. The summed E-state index contributed by atoms with van der Waals surface area (Å²) < 4.78 is 0. The Labute approximate surface area is 99.5 Å². The van der Waals surface area contributed by atoms with Gasteiger partial charge in [-0.25, -0.2) is 0 Å². The first kappa shape index (κ1) is 13.0. The fourth-order valence-corrected chi connectivity index (χ4v) is 1.72. The number of nitrogens with two attached hydrogens (primary N) is 1. The topological polar surface area (TPSA) is 29.3 Å². The molecule has 2 N–H and O–H groups in total. The standard InChI is InChI=1S/C14H24N2/c1-5-11(3)16(4)13-9-7-12(8-10-13)14(15)6-2/h7-11,14H,5-6,15H2,1-4H3/t11?,14-/m1/s1. The van der Waals surface area contributed by atoms with Crippen molar-refractivity contribution in [2.45, 2.75) is 45.7 Å². The Morgan fingerprint density at radius 1 is 1.12 bits per heavy atom. The molecule has 90 valence electrons. The van der Waals surface area contributed by atoms with E-state index in [-0.39, 0.29) is 6.04 Å². The van der Waals surface area contributed by atoms with Gasteiger partial charge in [0.15, 0.2) is 0 Å². The van der Waals surface area contributed by atoms with E-state index in [0.717, 1.165) is 12.8 Å². The van der Waals surface area contributed by atoms with Gasteiger partial charge in [-0.2, -0.15) is 0 Å². The number of hydrogen-bond acceptors (Lipinski definition) is 2. The van der Waals surface area contributed by atoms with Crippen LogP contribution in [0.2, 0.25) is 0 Å². The van der Waals surface area contributed by atoms with Gasteiger partial charge in [-0.1, -0.05) is 26.0 Å². The van der Waals surface area contributed by atoms with Crippen LogP contribution >= 0.6 is 0 Å². The second kappa shape index (κ2) is 5.90. The second-order valence-corrected chi connectivity index (χ2v) is 4.47. The smallest absolute Gasteiger partial charge is 0.0366 e. The average molecular weight is 220 g/mol. The molecule has 0 saturated carbocycles. The molecule has 0 amide bonds. The summed E-state index contributed by atoms with van der Waals surface area (Å²) >= 11 is 0. The van der Waals surface area contributed by atoms with Gasteiger partial charge in [0.1, 0.15) is 0 Å². The highest BCUT2D eigenvalue weighted by atomic mass is 15.1. The summed E-state index contributed by atoms with van der Waals surface area (Å²) in [7, 11) is 2.14. The lowest BCUT2D eigenvalue weighted by molar-refractivity contribution is 0.662. The van der Waals surface area contributed by atoms with Crippen molar-refractivity contribution >= 4 is 5.69 Å². The molecule has 1 unspecified atom stereocenters. The Morgan fingerprint density at radius 2 is 1.69 bits per heavy atom. The molecule has 2 nitrogen and oxygen atoms in total. The summed E-state index contributed by atoms with van der Waals surface area (Å²) in [6.07, 6.45) is 2.15. The zero-order chi connectivity index (χ0) is 12.1. The molecule has 0 fully saturated rings. The number of rotatable bonds is 5. The summed E-state index contributed by atoms with van der Waals surface area (Å²) in [4.78, 5) is 2.31. The summed E-state index contributed by atoms with van der Waals surface area (Å²) in [5, 5.41) is 0. The second-order valence-electron chi connectivity index (χ2n) is 4.47. The fourth-order valence-electron chi connectivity index (χ4n) is 1.72. The highest BCUT2D eigenvalue weighted by Gasteiger charge is 2.08. The molecule has 0 aliphatic heterocycles. The van der Waals surface area contributed by atoms with Crippen LogP contribution in [0.25, 0.3) is 0 Å². The lowest BCUT2D eigenvalue weighted by Gasteiger charge is -2.26. The average Bonchev–Trinajstić information content (AvgIpc) is 2.36. The van der Waals surface area contributed by atoms with Crippen molar-refractivity contribution < 1.29 is 0 Å².